The second-order valence-corrected chi connectivity index (χ2v) is 9.02. The highest BCUT2D eigenvalue weighted by Crippen LogP contribution is 2.34. The number of aryl methyl sites for hydroxylation is 1. The molecule has 0 aliphatic rings. The van der Waals surface area contributed by atoms with Gasteiger partial charge in [0.15, 0.2) is 11.5 Å². The Kier molecular flexibility index (Phi) is 13.8. The van der Waals surface area contributed by atoms with E-state index >= 15 is 0 Å². The first-order valence-corrected chi connectivity index (χ1v) is 12.8. The van der Waals surface area contributed by atoms with E-state index in [0.29, 0.717) is 49.7 Å². The van der Waals surface area contributed by atoms with E-state index < -0.39 is 10.1 Å². The molecule has 0 saturated carbocycles. The van der Waals surface area contributed by atoms with Crippen LogP contribution < -0.4 is 9.47 Å². The Balaban J connectivity index is 2.69. The van der Waals surface area contributed by atoms with Crippen LogP contribution >= 0.6 is 0 Å². The Morgan fingerprint density at radius 2 is 1.40 bits per heavy atom. The Bertz CT molecular complexity index is 687. The third-order valence-electron chi connectivity index (χ3n) is 5.01. The summed E-state index contributed by atoms with van der Waals surface area (Å²) in [6.07, 6.45) is 11.3. The molecule has 0 fully saturated rings. The highest BCUT2D eigenvalue weighted by Gasteiger charge is 2.20. The molecule has 7 heteroatoms. The van der Waals surface area contributed by atoms with Crippen LogP contribution in [0.4, 0.5) is 0 Å². The molecular formula is C23H40O6S. The van der Waals surface area contributed by atoms with Gasteiger partial charge in [-0.1, -0.05) is 58.8 Å². The van der Waals surface area contributed by atoms with Gasteiger partial charge in [-0.25, -0.2) is 0 Å². The number of unbranched alkanes of at least 4 members (excludes halogenated alkanes) is 7. The van der Waals surface area contributed by atoms with E-state index in [-0.39, 0.29) is 4.90 Å². The second-order valence-electron chi connectivity index (χ2n) is 7.63. The summed E-state index contributed by atoms with van der Waals surface area (Å²) in [7, 11) is -2.83. The monoisotopic (exact) mass is 444 g/mol. The molecule has 1 rings (SSSR count). The molecule has 0 aliphatic carbocycles. The van der Waals surface area contributed by atoms with Crippen molar-refractivity contribution in [3.8, 4) is 11.5 Å². The molecule has 0 heterocycles. The van der Waals surface area contributed by atoms with Crippen LogP contribution in [0.3, 0.4) is 0 Å². The third-order valence-corrected chi connectivity index (χ3v) is 5.94. The van der Waals surface area contributed by atoms with E-state index in [1.807, 2.05) is 0 Å². The van der Waals surface area contributed by atoms with Crippen molar-refractivity contribution in [2.75, 3.05) is 26.9 Å². The number of benzene rings is 1. The maximum atomic E-state index is 11.9. The van der Waals surface area contributed by atoms with Gasteiger partial charge in [-0.05, 0) is 37.3 Å². The molecule has 1 aromatic carbocycles. The van der Waals surface area contributed by atoms with Gasteiger partial charge in [-0.2, -0.15) is 8.42 Å². The van der Waals surface area contributed by atoms with Crippen LogP contribution in [0.15, 0.2) is 17.0 Å². The normalized spacial score (nSPS) is 11.6. The summed E-state index contributed by atoms with van der Waals surface area (Å²) in [5.74, 6) is 0.825. The lowest BCUT2D eigenvalue weighted by Gasteiger charge is -2.15. The maximum Gasteiger partial charge on any atom is 0.294 e. The summed E-state index contributed by atoms with van der Waals surface area (Å²) in [6, 6.07) is 3.03. The van der Waals surface area contributed by atoms with E-state index in [2.05, 4.69) is 13.8 Å². The van der Waals surface area contributed by atoms with Crippen molar-refractivity contribution in [1.82, 2.24) is 0 Å². The van der Waals surface area contributed by atoms with Crippen LogP contribution in [-0.2, 0) is 21.3 Å². The average molecular weight is 445 g/mol. The van der Waals surface area contributed by atoms with Crippen molar-refractivity contribution in [3.63, 3.8) is 0 Å². The molecule has 0 saturated heterocycles. The molecule has 174 valence electrons. The summed E-state index contributed by atoms with van der Waals surface area (Å²) in [4.78, 5) is -0.118. The van der Waals surface area contributed by atoms with Crippen molar-refractivity contribution < 1.29 is 27.2 Å². The zero-order valence-corrected chi connectivity index (χ0v) is 19.8. The highest BCUT2D eigenvalue weighted by atomic mass is 32.2. The highest BCUT2D eigenvalue weighted by molar-refractivity contribution is 7.85. The van der Waals surface area contributed by atoms with E-state index in [4.69, 9.17) is 14.2 Å². The first-order valence-electron chi connectivity index (χ1n) is 11.3. The Morgan fingerprint density at radius 1 is 0.800 bits per heavy atom. The molecule has 30 heavy (non-hydrogen) atoms. The van der Waals surface area contributed by atoms with Gasteiger partial charge in [0.2, 0.25) is 0 Å². The lowest BCUT2D eigenvalue weighted by Crippen LogP contribution is -2.08. The van der Waals surface area contributed by atoms with E-state index in [0.717, 1.165) is 32.1 Å². The third kappa shape index (κ3) is 10.6. The minimum absolute atomic E-state index is 0.118. The van der Waals surface area contributed by atoms with Gasteiger partial charge < -0.3 is 14.2 Å². The largest absolute Gasteiger partial charge is 0.493 e. The maximum absolute atomic E-state index is 11.9. The summed E-state index contributed by atoms with van der Waals surface area (Å²) >= 11 is 0. The summed E-state index contributed by atoms with van der Waals surface area (Å²) in [6.45, 7) is 6.08. The van der Waals surface area contributed by atoms with Gasteiger partial charge in [0.1, 0.15) is 4.90 Å². The fraction of sp³-hybridized carbons (Fsp3) is 0.739. The lowest BCUT2D eigenvalue weighted by atomic mass is 10.1. The summed E-state index contributed by atoms with van der Waals surface area (Å²) < 4.78 is 50.3. The molecule has 0 unspecified atom stereocenters. The summed E-state index contributed by atoms with van der Waals surface area (Å²) in [5, 5.41) is 0. The van der Waals surface area contributed by atoms with Crippen molar-refractivity contribution in [2.45, 2.75) is 89.4 Å². The smallest absolute Gasteiger partial charge is 0.294 e. The zero-order valence-electron chi connectivity index (χ0n) is 19.0. The van der Waals surface area contributed by atoms with Crippen molar-refractivity contribution in [1.29, 1.82) is 0 Å². The van der Waals surface area contributed by atoms with Crippen LogP contribution in [0, 0.1) is 0 Å². The molecule has 0 atom stereocenters. The molecule has 1 N–H and O–H groups in total. The second kappa shape index (κ2) is 15.5. The fourth-order valence-corrected chi connectivity index (χ4v) is 4.02. The Morgan fingerprint density at radius 3 is 2.07 bits per heavy atom. The van der Waals surface area contributed by atoms with E-state index in [1.54, 1.807) is 6.07 Å². The quantitative estimate of drug-likeness (QED) is 0.227. The van der Waals surface area contributed by atoms with Crippen LogP contribution in [0.25, 0.3) is 0 Å². The molecule has 0 aliphatic heterocycles. The predicted octanol–water partition coefficient (Wildman–Crippen LogP) is 5.82. The Hall–Kier alpha value is -1.31. The van der Waals surface area contributed by atoms with Gasteiger partial charge in [-0.3, -0.25) is 4.55 Å². The van der Waals surface area contributed by atoms with Crippen LogP contribution in [0.2, 0.25) is 0 Å². The molecule has 6 nitrogen and oxygen atoms in total. The first kappa shape index (κ1) is 26.7. The molecular weight excluding hydrogens is 404 g/mol. The van der Waals surface area contributed by atoms with Gasteiger partial charge >= 0.3 is 0 Å². The molecule has 0 radical (unpaired) electrons. The van der Waals surface area contributed by atoms with Gasteiger partial charge in [0.25, 0.3) is 10.1 Å². The lowest BCUT2D eigenvalue weighted by molar-refractivity contribution is 0.128. The van der Waals surface area contributed by atoms with Crippen molar-refractivity contribution in [2.24, 2.45) is 0 Å². The Labute approximate surface area is 183 Å². The van der Waals surface area contributed by atoms with Gasteiger partial charge in [-0.15, -0.1) is 0 Å². The topological polar surface area (TPSA) is 82.1 Å². The SMILES string of the molecule is CCCCCCCCOc1cc(S(=O)(=O)O)c(CCCOCCCCC)cc1OC. The van der Waals surface area contributed by atoms with Crippen LogP contribution in [-0.4, -0.2) is 39.9 Å². The van der Waals surface area contributed by atoms with Crippen molar-refractivity contribution in [3.05, 3.63) is 17.7 Å². The number of hydrogen-bond acceptors (Lipinski definition) is 5. The molecule has 1 aromatic rings. The molecule has 0 bridgehead atoms. The van der Waals surface area contributed by atoms with Crippen LogP contribution in [0.1, 0.15) is 83.6 Å². The van der Waals surface area contributed by atoms with Gasteiger partial charge in [0, 0.05) is 19.3 Å². The molecule has 0 aromatic heterocycles. The zero-order chi connectivity index (χ0) is 22.2. The van der Waals surface area contributed by atoms with E-state index in [9.17, 15) is 13.0 Å². The predicted molar refractivity (Wildman–Crippen MR) is 120 cm³/mol. The first-order chi connectivity index (χ1) is 14.4. The number of rotatable bonds is 18. The van der Waals surface area contributed by atoms with Crippen LogP contribution in [0.5, 0.6) is 11.5 Å². The molecule has 0 spiro atoms. The number of ether oxygens (including phenoxy) is 3. The minimum atomic E-state index is -4.36. The van der Waals surface area contributed by atoms with Crippen molar-refractivity contribution >= 4 is 10.1 Å². The fourth-order valence-electron chi connectivity index (χ4n) is 3.28. The van der Waals surface area contributed by atoms with E-state index in [1.165, 1.54) is 38.9 Å². The standard InChI is InChI=1S/C23H40O6S/c1-4-6-8-9-10-12-17-29-22-19-23(30(24,25)26)20(18-21(22)27-3)14-13-16-28-15-11-7-5-2/h18-19H,4-17H2,1-3H3,(H,24,25,26). The number of methoxy groups -OCH3 is 1. The number of hydrogen-bond donors (Lipinski definition) is 1. The average Bonchev–Trinajstić information content (AvgIpc) is 2.71. The van der Waals surface area contributed by atoms with Gasteiger partial charge in [0.05, 0.1) is 13.7 Å². The summed E-state index contributed by atoms with van der Waals surface area (Å²) in [5.41, 5.74) is 0.512. The minimum Gasteiger partial charge on any atom is -0.493 e. The molecule has 0 amide bonds.